The number of nitrogen functional groups attached to an aromatic ring is 1. The number of benzene rings is 2. The van der Waals surface area contributed by atoms with Gasteiger partial charge >= 0.3 is 0 Å². The molecule has 0 aliphatic heterocycles. The highest BCUT2D eigenvalue weighted by Crippen LogP contribution is 2.46. The van der Waals surface area contributed by atoms with Crippen molar-refractivity contribution in [2.24, 2.45) is 0 Å². The summed E-state index contributed by atoms with van der Waals surface area (Å²) in [5.74, 6) is -0.109. The molecule has 3 aromatic rings. The van der Waals surface area contributed by atoms with Gasteiger partial charge in [-0.3, -0.25) is 4.79 Å². The van der Waals surface area contributed by atoms with Gasteiger partial charge in [0, 0.05) is 33.3 Å². The van der Waals surface area contributed by atoms with Gasteiger partial charge in [-0.05, 0) is 29.8 Å². The van der Waals surface area contributed by atoms with E-state index in [0.717, 1.165) is 22.2 Å². The SMILES string of the molecule is CC1(C)c2cc(O)c(Cl)cc2C(=O)c2c1[nH]c1cc(N)ccc21. The lowest BCUT2D eigenvalue weighted by Gasteiger charge is -2.32. The highest BCUT2D eigenvalue weighted by atomic mass is 35.5. The number of phenols is 1. The van der Waals surface area contributed by atoms with Crippen LogP contribution in [0.15, 0.2) is 30.3 Å². The zero-order valence-electron chi connectivity index (χ0n) is 12.7. The third-order valence-corrected chi connectivity index (χ3v) is 4.98. The van der Waals surface area contributed by atoms with Crippen LogP contribution in [-0.2, 0) is 5.41 Å². The number of nitrogens with one attached hydrogen (secondary N) is 1. The van der Waals surface area contributed by atoms with E-state index in [1.165, 1.54) is 0 Å². The number of aromatic nitrogens is 1. The van der Waals surface area contributed by atoms with E-state index >= 15 is 0 Å². The molecule has 0 radical (unpaired) electrons. The van der Waals surface area contributed by atoms with Crippen molar-refractivity contribution in [1.29, 1.82) is 0 Å². The number of H-pyrrole nitrogens is 1. The Morgan fingerprint density at radius 3 is 2.70 bits per heavy atom. The fraction of sp³-hybridized carbons (Fsp3) is 0.167. The molecule has 2 aromatic carbocycles. The Bertz CT molecular complexity index is 1000. The van der Waals surface area contributed by atoms with Crippen molar-refractivity contribution in [2.75, 3.05) is 5.73 Å². The van der Waals surface area contributed by atoms with Gasteiger partial charge in [0.1, 0.15) is 5.75 Å². The summed E-state index contributed by atoms with van der Waals surface area (Å²) >= 11 is 6.02. The standard InChI is InChI=1S/C18H15ClN2O2/c1-18(2)11-7-14(22)12(19)6-10(11)16(23)15-9-4-3-8(20)5-13(9)21-17(15)18/h3-7,21-22H,20H2,1-2H3. The lowest BCUT2D eigenvalue weighted by molar-refractivity contribution is 0.103. The van der Waals surface area contributed by atoms with Crippen LogP contribution in [0, 0.1) is 0 Å². The third-order valence-electron chi connectivity index (χ3n) is 4.68. The quantitative estimate of drug-likeness (QED) is 0.547. The molecule has 23 heavy (non-hydrogen) atoms. The fourth-order valence-corrected chi connectivity index (χ4v) is 3.62. The summed E-state index contributed by atoms with van der Waals surface area (Å²) < 4.78 is 0. The molecule has 1 aromatic heterocycles. The summed E-state index contributed by atoms with van der Waals surface area (Å²) in [7, 11) is 0. The van der Waals surface area contributed by atoms with Crippen molar-refractivity contribution in [3.05, 3.63) is 57.7 Å². The van der Waals surface area contributed by atoms with Crippen LogP contribution in [0.2, 0.25) is 5.02 Å². The normalized spacial score (nSPS) is 15.5. The smallest absolute Gasteiger partial charge is 0.195 e. The first-order chi connectivity index (χ1) is 10.8. The maximum absolute atomic E-state index is 13.0. The fourth-order valence-electron chi connectivity index (χ4n) is 3.46. The number of nitrogens with two attached hydrogens (primary N) is 1. The number of fused-ring (bicyclic) bond motifs is 4. The van der Waals surface area contributed by atoms with Crippen LogP contribution in [0.4, 0.5) is 5.69 Å². The Morgan fingerprint density at radius 1 is 1.22 bits per heavy atom. The van der Waals surface area contributed by atoms with Gasteiger partial charge in [0.05, 0.1) is 10.6 Å². The molecule has 4 rings (SSSR count). The minimum atomic E-state index is -0.464. The van der Waals surface area contributed by atoms with Crippen molar-refractivity contribution in [3.8, 4) is 5.75 Å². The molecule has 4 nitrogen and oxygen atoms in total. The van der Waals surface area contributed by atoms with Crippen LogP contribution >= 0.6 is 11.6 Å². The van der Waals surface area contributed by atoms with Gasteiger partial charge < -0.3 is 15.8 Å². The highest BCUT2D eigenvalue weighted by molar-refractivity contribution is 6.33. The number of ketones is 1. The summed E-state index contributed by atoms with van der Waals surface area (Å²) in [6, 6.07) is 8.61. The second-order valence-electron chi connectivity index (χ2n) is 6.48. The largest absolute Gasteiger partial charge is 0.506 e. The summed E-state index contributed by atoms with van der Waals surface area (Å²) in [6.07, 6.45) is 0. The number of hydrogen-bond donors (Lipinski definition) is 3. The Balaban J connectivity index is 2.12. The van der Waals surface area contributed by atoms with Crippen molar-refractivity contribution >= 4 is 34.0 Å². The molecule has 0 unspecified atom stereocenters. The number of rotatable bonds is 0. The molecule has 0 saturated heterocycles. The van der Waals surface area contributed by atoms with Gasteiger partial charge in [0.15, 0.2) is 5.78 Å². The van der Waals surface area contributed by atoms with Gasteiger partial charge in [0.25, 0.3) is 0 Å². The molecule has 1 aliphatic rings. The molecule has 1 aliphatic carbocycles. The first-order valence-electron chi connectivity index (χ1n) is 7.30. The maximum atomic E-state index is 13.0. The zero-order chi connectivity index (χ0) is 16.5. The lowest BCUT2D eigenvalue weighted by atomic mass is 9.71. The molecule has 0 bridgehead atoms. The van der Waals surface area contributed by atoms with Crippen LogP contribution in [0.5, 0.6) is 5.75 Å². The van der Waals surface area contributed by atoms with Crippen LogP contribution in [0.3, 0.4) is 0 Å². The van der Waals surface area contributed by atoms with Gasteiger partial charge in [-0.2, -0.15) is 0 Å². The van der Waals surface area contributed by atoms with Crippen molar-refractivity contribution < 1.29 is 9.90 Å². The number of hydrogen-bond acceptors (Lipinski definition) is 3. The number of carbonyl (C=O) groups is 1. The molecule has 0 saturated carbocycles. The van der Waals surface area contributed by atoms with Gasteiger partial charge in [-0.25, -0.2) is 0 Å². The number of halogens is 1. The molecule has 0 atom stereocenters. The van der Waals surface area contributed by atoms with E-state index in [4.69, 9.17) is 17.3 Å². The molecule has 116 valence electrons. The average Bonchev–Trinajstić information content (AvgIpc) is 2.87. The monoisotopic (exact) mass is 326 g/mol. The van der Waals surface area contributed by atoms with E-state index in [1.807, 2.05) is 26.0 Å². The molecule has 4 N–H and O–H groups in total. The lowest BCUT2D eigenvalue weighted by Crippen LogP contribution is -2.30. The van der Waals surface area contributed by atoms with Crippen LogP contribution in [0.25, 0.3) is 10.9 Å². The molecule has 0 spiro atoms. The van der Waals surface area contributed by atoms with E-state index < -0.39 is 5.41 Å². The molecule has 1 heterocycles. The van der Waals surface area contributed by atoms with Crippen LogP contribution in [0.1, 0.15) is 41.0 Å². The van der Waals surface area contributed by atoms with Gasteiger partial charge in [-0.15, -0.1) is 0 Å². The summed E-state index contributed by atoms with van der Waals surface area (Å²) in [5, 5.41) is 11.0. The maximum Gasteiger partial charge on any atom is 0.195 e. The second-order valence-corrected chi connectivity index (χ2v) is 6.89. The number of aromatic hydroxyl groups is 1. The molecule has 0 fully saturated rings. The Labute approximate surface area is 137 Å². The average molecular weight is 327 g/mol. The van der Waals surface area contributed by atoms with E-state index in [2.05, 4.69) is 4.98 Å². The van der Waals surface area contributed by atoms with Crippen LogP contribution in [-0.4, -0.2) is 15.9 Å². The number of anilines is 1. The number of aromatic amines is 1. The third kappa shape index (κ3) is 1.75. The first kappa shape index (κ1) is 14.2. The number of carbonyl (C=O) groups excluding carboxylic acids is 1. The van der Waals surface area contributed by atoms with Crippen molar-refractivity contribution in [2.45, 2.75) is 19.3 Å². The van der Waals surface area contributed by atoms with Crippen molar-refractivity contribution in [1.82, 2.24) is 4.98 Å². The van der Waals surface area contributed by atoms with E-state index in [0.29, 0.717) is 16.8 Å². The van der Waals surface area contributed by atoms with Crippen molar-refractivity contribution in [3.63, 3.8) is 0 Å². The predicted molar refractivity (Wildman–Crippen MR) is 91.4 cm³/mol. The Morgan fingerprint density at radius 2 is 1.96 bits per heavy atom. The highest BCUT2D eigenvalue weighted by Gasteiger charge is 2.40. The Kier molecular flexibility index (Phi) is 2.64. The minimum absolute atomic E-state index is 0.0184. The second kappa shape index (κ2) is 4.30. The summed E-state index contributed by atoms with van der Waals surface area (Å²) in [4.78, 5) is 16.4. The van der Waals surface area contributed by atoms with E-state index in [9.17, 15) is 9.90 Å². The molecule has 0 amide bonds. The van der Waals surface area contributed by atoms with E-state index in [-0.39, 0.29) is 16.6 Å². The van der Waals surface area contributed by atoms with Gasteiger partial charge in [-0.1, -0.05) is 31.5 Å². The molecule has 5 heteroatoms. The zero-order valence-corrected chi connectivity index (χ0v) is 13.5. The molecular weight excluding hydrogens is 312 g/mol. The van der Waals surface area contributed by atoms with Gasteiger partial charge in [0.2, 0.25) is 0 Å². The summed E-state index contributed by atoms with van der Waals surface area (Å²) in [5.41, 5.74) is 9.63. The first-order valence-corrected chi connectivity index (χ1v) is 7.68. The van der Waals surface area contributed by atoms with E-state index in [1.54, 1.807) is 18.2 Å². The number of phenolic OH excluding ortho intramolecular Hbond substituents is 1. The topological polar surface area (TPSA) is 79.1 Å². The minimum Gasteiger partial charge on any atom is -0.506 e. The predicted octanol–water partition coefficient (Wildman–Crippen LogP) is 3.98. The molecular formula is C18H15ClN2O2. The van der Waals surface area contributed by atoms with Crippen LogP contribution < -0.4 is 5.73 Å². The Hall–Kier alpha value is -2.46. The summed E-state index contributed by atoms with van der Waals surface area (Å²) in [6.45, 7) is 4.03.